The van der Waals surface area contributed by atoms with Crippen LogP contribution in [0.1, 0.15) is 33.3 Å². The maximum Gasteiger partial charge on any atom is 0.254 e. The number of likely N-dealkylation sites (N-methyl/N-ethyl adjacent to an activating group) is 1. The van der Waals surface area contributed by atoms with Crippen molar-refractivity contribution in [3.8, 4) is 0 Å². The van der Waals surface area contributed by atoms with Crippen molar-refractivity contribution in [3.63, 3.8) is 0 Å². The zero-order chi connectivity index (χ0) is 35.0. The van der Waals surface area contributed by atoms with E-state index in [9.17, 15) is 30.0 Å². The molecule has 0 radical (unpaired) electrons. The molecule has 3 fully saturated rings. The number of rotatable bonds is 15. The van der Waals surface area contributed by atoms with Gasteiger partial charge in [0.15, 0.2) is 31.1 Å². The smallest absolute Gasteiger partial charge is 0.254 e. The van der Waals surface area contributed by atoms with Crippen molar-refractivity contribution in [2.24, 2.45) is 0 Å². The van der Waals surface area contributed by atoms with Crippen LogP contribution in [0.25, 0.3) is 0 Å². The minimum Gasteiger partial charge on any atom is -0.387 e. The van der Waals surface area contributed by atoms with E-state index < -0.39 is 85.6 Å². The van der Waals surface area contributed by atoms with Gasteiger partial charge in [-0.1, -0.05) is 30.3 Å². The molecule has 0 saturated carbocycles. The van der Waals surface area contributed by atoms with Crippen molar-refractivity contribution in [3.05, 3.63) is 35.9 Å². The van der Waals surface area contributed by atoms with Gasteiger partial charge < -0.3 is 68.5 Å². The highest BCUT2D eigenvalue weighted by atomic mass is 16.7. The third-order valence-electron chi connectivity index (χ3n) is 7.87. The number of ether oxygens (including phenoxy) is 8. The Morgan fingerprint density at radius 2 is 1.40 bits per heavy atom. The molecule has 2 unspecified atom stereocenters. The number of aliphatic hydroxyl groups excluding tert-OH is 4. The summed E-state index contributed by atoms with van der Waals surface area (Å²) >= 11 is 0. The molecule has 0 aromatic heterocycles. The van der Waals surface area contributed by atoms with Crippen molar-refractivity contribution < 1.29 is 67.9 Å². The zero-order valence-electron chi connectivity index (χ0n) is 28.0. The minimum absolute atomic E-state index is 0.0179. The molecule has 16 heteroatoms. The molecule has 16 nitrogen and oxygen atoms in total. The Kier molecular flexibility index (Phi) is 14.5. The summed E-state index contributed by atoms with van der Waals surface area (Å²) in [6.45, 7) is 7.41. The second-order valence-electron chi connectivity index (χ2n) is 12.4. The van der Waals surface area contributed by atoms with Gasteiger partial charge in [0.25, 0.3) is 11.8 Å². The normalized spacial score (nSPS) is 32.9. The molecule has 4 rings (SSSR count). The van der Waals surface area contributed by atoms with Crippen LogP contribution in [0.15, 0.2) is 30.3 Å². The standard InChI is InChI=1S/C32H50N2O14/c1-17(2)45-26-22(36)23(37)31(48-28(26)30(40)34(5)16-19-9-7-6-8-10-19)44-14-13-43-25-21(35)24(38)32(46-18(3)4)47-27(25)29(39)33-15-20-41-11-12-42-20/h6-10,17-18,20-28,31-32,35-38H,11-16H2,1-5H3,(H,33,39)/t21-,22-,23+,24+,25+,26+,27?,28?,31-,32-/m1/s1. The Hall–Kier alpha value is -2.32. The SMILES string of the molecule is CC(C)O[C@@H]1OC(C(=O)NCC2OCCO2)[C@@H](OCCO[C@@H]2OC(C(=O)N(C)Cc3ccccc3)[C@@H](OC(C)C)[C@H](O)[C@@H]2O)[C@H](O)[C@@H]1O. The first-order valence-electron chi connectivity index (χ1n) is 16.2. The molecule has 3 aliphatic rings. The van der Waals surface area contributed by atoms with E-state index in [1.165, 1.54) is 4.90 Å². The summed E-state index contributed by atoms with van der Waals surface area (Å²) in [6, 6.07) is 9.32. The van der Waals surface area contributed by atoms with Gasteiger partial charge in [-0.3, -0.25) is 9.59 Å². The molecule has 48 heavy (non-hydrogen) atoms. The average molecular weight is 687 g/mol. The molecule has 3 heterocycles. The highest BCUT2D eigenvalue weighted by Crippen LogP contribution is 2.28. The molecular weight excluding hydrogens is 636 g/mol. The summed E-state index contributed by atoms with van der Waals surface area (Å²) in [4.78, 5) is 28.1. The van der Waals surface area contributed by atoms with Crippen LogP contribution in [0, 0.1) is 0 Å². The van der Waals surface area contributed by atoms with Gasteiger partial charge in [0.2, 0.25) is 0 Å². The average Bonchev–Trinajstić information content (AvgIpc) is 3.58. The van der Waals surface area contributed by atoms with Gasteiger partial charge in [-0.2, -0.15) is 0 Å². The van der Waals surface area contributed by atoms with Crippen LogP contribution in [-0.4, -0.2) is 157 Å². The largest absolute Gasteiger partial charge is 0.387 e. The number of hydrogen-bond acceptors (Lipinski definition) is 14. The van der Waals surface area contributed by atoms with Crippen molar-refractivity contribution >= 4 is 11.8 Å². The first-order chi connectivity index (χ1) is 22.9. The van der Waals surface area contributed by atoms with E-state index in [4.69, 9.17) is 37.9 Å². The van der Waals surface area contributed by atoms with E-state index in [-0.39, 0.29) is 32.4 Å². The van der Waals surface area contributed by atoms with E-state index in [1.54, 1.807) is 34.7 Å². The fourth-order valence-electron chi connectivity index (χ4n) is 5.56. The third-order valence-corrected chi connectivity index (χ3v) is 7.87. The summed E-state index contributed by atoms with van der Waals surface area (Å²) in [5.74, 6) is -1.15. The third kappa shape index (κ3) is 10.1. The number of carbonyl (C=O) groups excluding carboxylic acids is 2. The van der Waals surface area contributed by atoms with Crippen LogP contribution < -0.4 is 5.32 Å². The Balaban J connectivity index is 1.39. The second kappa shape index (κ2) is 18.1. The van der Waals surface area contributed by atoms with Crippen LogP contribution in [0.5, 0.6) is 0 Å². The number of benzene rings is 1. The second-order valence-corrected chi connectivity index (χ2v) is 12.4. The van der Waals surface area contributed by atoms with Gasteiger partial charge in [0.05, 0.1) is 45.2 Å². The molecule has 10 atom stereocenters. The number of amides is 2. The predicted octanol–water partition coefficient (Wildman–Crippen LogP) is -1.35. The molecule has 0 bridgehead atoms. The monoisotopic (exact) mass is 686 g/mol. The Morgan fingerprint density at radius 1 is 0.812 bits per heavy atom. The molecule has 1 aromatic rings. The van der Waals surface area contributed by atoms with E-state index in [2.05, 4.69) is 5.32 Å². The number of nitrogens with one attached hydrogen (secondary N) is 1. The Labute approximate surface area is 280 Å². The quantitative estimate of drug-likeness (QED) is 0.135. The van der Waals surface area contributed by atoms with Crippen molar-refractivity contribution in [1.82, 2.24) is 10.2 Å². The van der Waals surface area contributed by atoms with E-state index in [1.807, 2.05) is 30.3 Å². The van der Waals surface area contributed by atoms with Crippen molar-refractivity contribution in [2.75, 3.05) is 40.0 Å². The number of hydrogen-bond donors (Lipinski definition) is 5. The van der Waals surface area contributed by atoms with E-state index in [0.717, 1.165) is 5.56 Å². The van der Waals surface area contributed by atoms with Crippen LogP contribution in [-0.2, 0) is 54.0 Å². The highest BCUT2D eigenvalue weighted by Gasteiger charge is 2.51. The van der Waals surface area contributed by atoms with Crippen LogP contribution >= 0.6 is 0 Å². The first kappa shape index (κ1) is 38.5. The molecule has 2 amide bonds. The molecule has 3 saturated heterocycles. The maximum absolute atomic E-state index is 13.5. The summed E-state index contributed by atoms with van der Waals surface area (Å²) in [6.07, 6.45) is -15.7. The van der Waals surface area contributed by atoms with E-state index in [0.29, 0.717) is 13.2 Å². The zero-order valence-corrected chi connectivity index (χ0v) is 28.0. The van der Waals surface area contributed by atoms with Crippen LogP contribution in [0.2, 0.25) is 0 Å². The minimum atomic E-state index is -1.59. The molecule has 3 aliphatic heterocycles. The molecule has 1 aromatic carbocycles. The Bertz CT molecular complexity index is 1140. The fourth-order valence-corrected chi connectivity index (χ4v) is 5.56. The Morgan fingerprint density at radius 3 is 2.04 bits per heavy atom. The van der Waals surface area contributed by atoms with Crippen molar-refractivity contribution in [1.29, 1.82) is 0 Å². The van der Waals surface area contributed by atoms with Gasteiger partial charge in [-0.25, -0.2) is 0 Å². The van der Waals surface area contributed by atoms with Gasteiger partial charge in [-0.15, -0.1) is 0 Å². The van der Waals surface area contributed by atoms with Gasteiger partial charge in [-0.05, 0) is 33.3 Å². The predicted molar refractivity (Wildman–Crippen MR) is 165 cm³/mol. The van der Waals surface area contributed by atoms with Crippen molar-refractivity contribution in [2.45, 2.75) is 114 Å². The molecular formula is C32H50N2O14. The first-order valence-corrected chi connectivity index (χ1v) is 16.2. The summed E-state index contributed by atoms with van der Waals surface area (Å²) in [7, 11) is 1.59. The fraction of sp³-hybridized carbons (Fsp3) is 0.750. The number of nitrogens with zero attached hydrogens (tertiary/aromatic N) is 1. The van der Waals surface area contributed by atoms with Gasteiger partial charge >= 0.3 is 0 Å². The van der Waals surface area contributed by atoms with Gasteiger partial charge in [0.1, 0.15) is 36.6 Å². The number of aliphatic hydroxyl groups is 4. The van der Waals surface area contributed by atoms with E-state index >= 15 is 0 Å². The molecule has 272 valence electrons. The molecule has 5 N–H and O–H groups in total. The lowest BCUT2D eigenvalue weighted by atomic mass is 9.97. The number of carbonyl (C=O) groups is 2. The molecule has 0 spiro atoms. The topological polar surface area (TPSA) is 204 Å². The maximum atomic E-state index is 13.5. The van der Waals surface area contributed by atoms with Gasteiger partial charge in [0, 0.05) is 13.6 Å². The lowest BCUT2D eigenvalue weighted by Crippen LogP contribution is -2.64. The van der Waals surface area contributed by atoms with Crippen LogP contribution in [0.4, 0.5) is 0 Å². The van der Waals surface area contributed by atoms with Crippen LogP contribution in [0.3, 0.4) is 0 Å². The summed E-state index contributed by atoms with van der Waals surface area (Å²) in [5, 5.41) is 46.1. The lowest BCUT2D eigenvalue weighted by Gasteiger charge is -2.43. The summed E-state index contributed by atoms with van der Waals surface area (Å²) in [5.41, 5.74) is 0.879. The lowest BCUT2D eigenvalue weighted by molar-refractivity contribution is -0.313. The highest BCUT2D eigenvalue weighted by molar-refractivity contribution is 5.82. The summed E-state index contributed by atoms with van der Waals surface area (Å²) < 4.78 is 45.2. The molecule has 0 aliphatic carbocycles.